The first-order valence-corrected chi connectivity index (χ1v) is 4.11. The highest BCUT2D eigenvalue weighted by atomic mass is 35.5. The summed E-state index contributed by atoms with van der Waals surface area (Å²) in [5.41, 5.74) is -1.94. The average Bonchev–Trinajstić information content (AvgIpc) is 2.08. The molecule has 0 bridgehead atoms. The van der Waals surface area contributed by atoms with Gasteiger partial charge >= 0.3 is 12.8 Å². The summed E-state index contributed by atoms with van der Waals surface area (Å²) < 4.78 is 77.1. The summed E-state index contributed by atoms with van der Waals surface area (Å²) in [7, 11) is 0. The maximum absolute atomic E-state index is 13.0. The topological polar surface area (TPSA) is 9.23 Å². The van der Waals surface area contributed by atoms with Crippen LogP contribution in [0.25, 0.3) is 0 Å². The molecular weight excluding hydrogens is 262 g/mol. The zero-order valence-corrected chi connectivity index (χ0v) is 8.04. The van der Waals surface area contributed by atoms with Gasteiger partial charge in [-0.1, -0.05) is 11.6 Å². The number of halogens is 7. The third-order valence-electron chi connectivity index (χ3n) is 1.56. The molecule has 0 unspecified atom stereocenters. The Morgan fingerprint density at radius 3 is 2.19 bits per heavy atom. The molecule has 0 heterocycles. The van der Waals surface area contributed by atoms with Crippen LogP contribution in [0.1, 0.15) is 5.56 Å². The molecule has 0 fully saturated rings. The Hall–Kier alpha value is -1.11. The maximum atomic E-state index is 13.0. The summed E-state index contributed by atoms with van der Waals surface area (Å²) in [6, 6.07) is 1.23. The van der Waals surface area contributed by atoms with Crippen LogP contribution in [0, 0.1) is 5.82 Å². The fourth-order valence-electron chi connectivity index (χ4n) is 0.991. The van der Waals surface area contributed by atoms with Gasteiger partial charge in [0.2, 0.25) is 0 Å². The van der Waals surface area contributed by atoms with Crippen molar-refractivity contribution < 1.29 is 31.1 Å². The summed E-state index contributed by atoms with van der Waals surface area (Å²) in [6.45, 7) is -3.48. The maximum Gasteiger partial charge on any atom is 0.422 e. The van der Waals surface area contributed by atoms with Crippen LogP contribution < -0.4 is 4.74 Å². The number of benzene rings is 1. The molecule has 0 saturated heterocycles. The van der Waals surface area contributed by atoms with Crippen molar-refractivity contribution in [2.75, 3.05) is 0 Å². The lowest BCUT2D eigenvalue weighted by atomic mass is 10.2. The van der Waals surface area contributed by atoms with Crippen LogP contribution in [-0.2, 0) is 6.18 Å². The quantitative estimate of drug-likeness (QED) is 0.731. The zero-order chi connectivity index (χ0) is 12.5. The number of hydrogen-bond acceptors (Lipinski definition) is 1. The number of alkyl halides is 5. The van der Waals surface area contributed by atoms with Gasteiger partial charge in [0.05, 0.1) is 5.02 Å². The van der Waals surface area contributed by atoms with Crippen LogP contribution in [0.2, 0.25) is 5.02 Å². The third kappa shape index (κ3) is 2.72. The second-order valence-corrected chi connectivity index (χ2v) is 3.02. The molecule has 0 aliphatic rings. The Morgan fingerprint density at radius 1 is 1.19 bits per heavy atom. The van der Waals surface area contributed by atoms with E-state index < -0.39 is 34.9 Å². The van der Waals surface area contributed by atoms with Crippen LogP contribution in [-0.4, -0.2) is 6.61 Å². The SMILES string of the molecule is Fc1c(Cl)ccc(OC(F)F)c1C(F)(F)F. The van der Waals surface area contributed by atoms with Crippen molar-refractivity contribution in [1.82, 2.24) is 0 Å². The minimum absolute atomic E-state index is 0.528. The normalized spacial score (nSPS) is 12.0. The molecule has 1 nitrogen and oxygen atoms in total. The molecule has 16 heavy (non-hydrogen) atoms. The monoisotopic (exact) mass is 264 g/mol. The van der Waals surface area contributed by atoms with E-state index in [-0.39, 0.29) is 0 Å². The van der Waals surface area contributed by atoms with Gasteiger partial charge in [0, 0.05) is 0 Å². The van der Waals surface area contributed by atoms with Crippen molar-refractivity contribution in [2.24, 2.45) is 0 Å². The fourth-order valence-corrected chi connectivity index (χ4v) is 1.15. The molecule has 8 heteroatoms. The van der Waals surface area contributed by atoms with E-state index in [0.29, 0.717) is 12.1 Å². The summed E-state index contributed by atoms with van der Waals surface area (Å²) in [6.07, 6.45) is -5.17. The predicted molar refractivity (Wildman–Crippen MR) is 43.0 cm³/mol. The van der Waals surface area contributed by atoms with Gasteiger partial charge in [-0.3, -0.25) is 0 Å². The Bertz CT molecular complexity index is 389. The smallest absolute Gasteiger partial charge is 0.422 e. The first-order valence-electron chi connectivity index (χ1n) is 3.73. The zero-order valence-electron chi connectivity index (χ0n) is 7.29. The lowest BCUT2D eigenvalue weighted by molar-refractivity contribution is -0.144. The molecule has 0 aliphatic heterocycles. The number of ether oxygens (including phenoxy) is 1. The standard InChI is InChI=1S/C8H3ClF6O/c9-3-1-2-4(16-7(11)12)5(6(3)10)8(13,14)15/h1-2,7H. The highest BCUT2D eigenvalue weighted by Gasteiger charge is 2.39. The highest BCUT2D eigenvalue weighted by molar-refractivity contribution is 6.30. The highest BCUT2D eigenvalue weighted by Crippen LogP contribution is 2.40. The van der Waals surface area contributed by atoms with Crippen LogP contribution in [0.5, 0.6) is 5.75 Å². The van der Waals surface area contributed by atoms with E-state index in [0.717, 1.165) is 0 Å². The first-order chi connectivity index (χ1) is 7.23. The summed E-state index contributed by atoms with van der Waals surface area (Å²) in [5.74, 6) is -3.14. The lowest BCUT2D eigenvalue weighted by Gasteiger charge is -2.14. The van der Waals surface area contributed by atoms with E-state index in [4.69, 9.17) is 11.6 Å². The van der Waals surface area contributed by atoms with Crippen molar-refractivity contribution in [2.45, 2.75) is 12.8 Å². The minimum atomic E-state index is -5.17. The Morgan fingerprint density at radius 2 is 1.75 bits per heavy atom. The summed E-state index contributed by atoms with van der Waals surface area (Å²) in [4.78, 5) is 0. The fraction of sp³-hybridized carbons (Fsp3) is 0.250. The first kappa shape index (κ1) is 13.0. The van der Waals surface area contributed by atoms with Gasteiger partial charge in [-0.15, -0.1) is 0 Å². The van der Waals surface area contributed by atoms with E-state index >= 15 is 0 Å². The molecule has 1 aromatic carbocycles. The molecule has 0 spiro atoms. The van der Waals surface area contributed by atoms with Crippen molar-refractivity contribution in [3.05, 3.63) is 28.5 Å². The summed E-state index contributed by atoms with van der Waals surface area (Å²) in [5, 5.41) is -0.825. The van der Waals surface area contributed by atoms with Crippen LogP contribution in [0.15, 0.2) is 12.1 Å². The molecule has 0 saturated carbocycles. The number of hydrogen-bond donors (Lipinski definition) is 0. The van der Waals surface area contributed by atoms with E-state index in [1.165, 1.54) is 0 Å². The average molecular weight is 265 g/mol. The van der Waals surface area contributed by atoms with Gasteiger partial charge in [-0.2, -0.15) is 22.0 Å². The molecule has 0 atom stereocenters. The number of rotatable bonds is 2. The largest absolute Gasteiger partial charge is 0.434 e. The van der Waals surface area contributed by atoms with Gasteiger partial charge in [0.15, 0.2) is 5.82 Å². The van der Waals surface area contributed by atoms with E-state index in [1.807, 2.05) is 0 Å². The molecule has 0 radical (unpaired) electrons. The molecule has 0 aromatic heterocycles. The van der Waals surface area contributed by atoms with Crippen molar-refractivity contribution in [3.8, 4) is 5.75 Å². The second kappa shape index (κ2) is 4.40. The van der Waals surface area contributed by atoms with Crippen molar-refractivity contribution >= 4 is 11.6 Å². The van der Waals surface area contributed by atoms with Crippen molar-refractivity contribution in [1.29, 1.82) is 0 Å². The molecule has 0 amide bonds. The van der Waals surface area contributed by atoms with E-state index in [2.05, 4.69) is 4.74 Å². The van der Waals surface area contributed by atoms with E-state index in [9.17, 15) is 26.3 Å². The lowest BCUT2D eigenvalue weighted by Crippen LogP contribution is -2.14. The molecule has 0 N–H and O–H groups in total. The van der Waals surface area contributed by atoms with Crippen molar-refractivity contribution in [3.63, 3.8) is 0 Å². The van der Waals surface area contributed by atoms with E-state index in [1.54, 1.807) is 0 Å². The molecular formula is C8H3ClF6O. The van der Waals surface area contributed by atoms with Crippen LogP contribution in [0.3, 0.4) is 0 Å². The molecule has 0 aliphatic carbocycles. The molecule has 1 aromatic rings. The van der Waals surface area contributed by atoms with Gasteiger partial charge < -0.3 is 4.74 Å². The van der Waals surface area contributed by atoms with Gasteiger partial charge in [0.1, 0.15) is 11.3 Å². The van der Waals surface area contributed by atoms with Gasteiger partial charge in [-0.05, 0) is 12.1 Å². The van der Waals surface area contributed by atoms with Crippen LogP contribution >= 0.6 is 11.6 Å². The Labute approximate surface area is 90.6 Å². The van der Waals surface area contributed by atoms with Gasteiger partial charge in [-0.25, -0.2) is 4.39 Å². The van der Waals surface area contributed by atoms with Crippen LogP contribution in [0.4, 0.5) is 26.3 Å². The molecule has 1 rings (SSSR count). The predicted octanol–water partition coefficient (Wildman–Crippen LogP) is 4.10. The van der Waals surface area contributed by atoms with Gasteiger partial charge in [0.25, 0.3) is 0 Å². The molecule has 90 valence electrons. The Kier molecular flexibility index (Phi) is 3.57. The second-order valence-electron chi connectivity index (χ2n) is 2.61. The minimum Gasteiger partial charge on any atom is -0.434 e. The Balaban J connectivity index is 3.33. The third-order valence-corrected chi connectivity index (χ3v) is 1.85. The summed E-state index contributed by atoms with van der Waals surface area (Å²) >= 11 is 5.11.